The molecule has 1 aromatic rings. The normalized spacial score (nSPS) is 29.8. The first-order valence-corrected chi connectivity index (χ1v) is 9.20. The molecule has 0 aromatic heterocycles. The van der Waals surface area contributed by atoms with Crippen LogP contribution in [0.2, 0.25) is 0 Å². The molecule has 2 bridgehead atoms. The predicted octanol–water partition coefficient (Wildman–Crippen LogP) is 2.58. The van der Waals surface area contributed by atoms with Crippen molar-refractivity contribution in [3.8, 4) is 5.75 Å². The molecular weight excluding hydrogens is 306 g/mol. The highest BCUT2D eigenvalue weighted by Crippen LogP contribution is 2.44. The van der Waals surface area contributed by atoms with Gasteiger partial charge in [-0.1, -0.05) is 18.6 Å². The lowest BCUT2D eigenvalue weighted by Gasteiger charge is -2.38. The highest BCUT2D eigenvalue weighted by Gasteiger charge is 2.40. The molecule has 2 saturated carbocycles. The molecule has 0 radical (unpaired) electrons. The van der Waals surface area contributed by atoms with Crippen molar-refractivity contribution >= 4 is 23.0 Å². The fourth-order valence-corrected chi connectivity index (χ4v) is 4.89. The maximum Gasteiger partial charge on any atom is 0.169 e. The van der Waals surface area contributed by atoms with Crippen LogP contribution in [0.25, 0.3) is 0 Å². The summed E-state index contributed by atoms with van der Waals surface area (Å²) in [6, 6.07) is 8.18. The van der Waals surface area contributed by atoms with E-state index in [1.807, 2.05) is 18.2 Å². The van der Waals surface area contributed by atoms with Gasteiger partial charge in [0.2, 0.25) is 0 Å². The average molecular weight is 331 g/mol. The third-order valence-corrected chi connectivity index (χ3v) is 6.21. The Labute approximate surface area is 143 Å². The van der Waals surface area contributed by atoms with E-state index in [2.05, 4.69) is 15.1 Å². The van der Waals surface area contributed by atoms with Crippen LogP contribution in [0.3, 0.4) is 0 Å². The summed E-state index contributed by atoms with van der Waals surface area (Å²) in [6.45, 7) is 3.63. The van der Waals surface area contributed by atoms with Crippen molar-refractivity contribution in [3.05, 3.63) is 24.3 Å². The fraction of sp³-hybridized carbons (Fsp3) is 0.611. The maximum absolute atomic E-state index is 9.99. The molecule has 1 aliphatic heterocycles. The SMILES string of the molecule is Oc1ccccc1N1CCN(C(=S)N[C@@H]2C[C@@H]3CC[C@@H]2C3)CC1. The molecule has 0 amide bonds. The minimum Gasteiger partial charge on any atom is -0.506 e. The number of nitrogens with zero attached hydrogens (tertiary/aromatic N) is 2. The molecule has 2 N–H and O–H groups in total. The minimum absolute atomic E-state index is 0.364. The van der Waals surface area contributed by atoms with Gasteiger partial charge in [-0.2, -0.15) is 0 Å². The molecule has 2 aliphatic carbocycles. The summed E-state index contributed by atoms with van der Waals surface area (Å²) in [5.74, 6) is 2.15. The van der Waals surface area contributed by atoms with Gasteiger partial charge < -0.3 is 20.2 Å². The second kappa shape index (κ2) is 6.19. The van der Waals surface area contributed by atoms with E-state index in [0.29, 0.717) is 11.8 Å². The van der Waals surface area contributed by atoms with E-state index in [-0.39, 0.29) is 0 Å². The van der Waals surface area contributed by atoms with Gasteiger partial charge in [-0.25, -0.2) is 0 Å². The van der Waals surface area contributed by atoms with Gasteiger partial charge in [0.05, 0.1) is 5.69 Å². The Bertz CT molecular complexity index is 585. The first-order chi connectivity index (χ1) is 11.2. The molecule has 1 saturated heterocycles. The summed E-state index contributed by atoms with van der Waals surface area (Å²) in [7, 11) is 0. The van der Waals surface area contributed by atoms with E-state index < -0.39 is 0 Å². The molecule has 1 heterocycles. The average Bonchev–Trinajstić information content (AvgIpc) is 3.18. The topological polar surface area (TPSA) is 38.7 Å². The van der Waals surface area contributed by atoms with Crippen LogP contribution in [0.4, 0.5) is 5.69 Å². The summed E-state index contributed by atoms with van der Waals surface area (Å²) < 4.78 is 0. The summed E-state index contributed by atoms with van der Waals surface area (Å²) in [6.07, 6.45) is 5.52. The zero-order valence-electron chi connectivity index (χ0n) is 13.4. The van der Waals surface area contributed by atoms with Crippen LogP contribution in [0.1, 0.15) is 25.7 Å². The van der Waals surface area contributed by atoms with Crippen LogP contribution in [-0.4, -0.2) is 47.3 Å². The number of nitrogens with one attached hydrogen (secondary N) is 1. The van der Waals surface area contributed by atoms with Gasteiger partial charge in [-0.3, -0.25) is 0 Å². The molecule has 1 aromatic carbocycles. The standard InChI is InChI=1S/C18H25N3OS/c22-17-4-2-1-3-16(17)20-7-9-21(10-8-20)18(23)19-15-12-13-5-6-14(15)11-13/h1-4,13-15,22H,5-12H2,(H,19,23)/t13-,14-,15-/m1/s1. The van der Waals surface area contributed by atoms with Gasteiger partial charge in [0.1, 0.15) is 5.75 Å². The zero-order valence-corrected chi connectivity index (χ0v) is 14.3. The van der Waals surface area contributed by atoms with Gasteiger partial charge in [0, 0.05) is 32.2 Å². The van der Waals surface area contributed by atoms with Crippen LogP contribution in [0.15, 0.2) is 24.3 Å². The third-order valence-electron chi connectivity index (χ3n) is 5.84. The van der Waals surface area contributed by atoms with Crippen LogP contribution >= 0.6 is 12.2 Å². The van der Waals surface area contributed by atoms with E-state index in [4.69, 9.17) is 12.2 Å². The number of anilines is 1. The number of aromatic hydroxyl groups is 1. The number of benzene rings is 1. The summed E-state index contributed by atoms with van der Waals surface area (Å²) in [5.41, 5.74) is 0.930. The van der Waals surface area contributed by atoms with E-state index in [0.717, 1.165) is 48.8 Å². The number of thiocarbonyl (C=S) groups is 1. The van der Waals surface area contributed by atoms with Gasteiger partial charge in [-0.15, -0.1) is 0 Å². The molecular formula is C18H25N3OS. The van der Waals surface area contributed by atoms with E-state index >= 15 is 0 Å². The largest absolute Gasteiger partial charge is 0.506 e. The first-order valence-electron chi connectivity index (χ1n) is 8.79. The van der Waals surface area contributed by atoms with Crippen LogP contribution in [0.5, 0.6) is 5.75 Å². The number of hydrogen-bond donors (Lipinski definition) is 2. The Morgan fingerprint density at radius 2 is 1.87 bits per heavy atom. The summed E-state index contributed by atoms with van der Waals surface area (Å²) in [5, 5.41) is 14.6. The van der Waals surface area contributed by atoms with Gasteiger partial charge in [0.25, 0.3) is 0 Å². The van der Waals surface area contributed by atoms with Gasteiger partial charge in [0.15, 0.2) is 5.11 Å². The monoisotopic (exact) mass is 331 g/mol. The second-order valence-electron chi connectivity index (χ2n) is 7.19. The lowest BCUT2D eigenvalue weighted by Crippen LogP contribution is -2.54. The van der Waals surface area contributed by atoms with Crippen molar-refractivity contribution in [1.82, 2.24) is 10.2 Å². The van der Waals surface area contributed by atoms with Crippen molar-refractivity contribution in [2.75, 3.05) is 31.1 Å². The lowest BCUT2D eigenvalue weighted by molar-refractivity contribution is 0.344. The number of rotatable bonds is 2. The molecule has 5 heteroatoms. The molecule has 3 atom stereocenters. The van der Waals surface area contributed by atoms with E-state index in [1.54, 1.807) is 6.07 Å². The highest BCUT2D eigenvalue weighted by molar-refractivity contribution is 7.80. The Hall–Kier alpha value is -1.49. The van der Waals surface area contributed by atoms with E-state index in [1.165, 1.54) is 25.7 Å². The summed E-state index contributed by atoms with van der Waals surface area (Å²) >= 11 is 5.65. The molecule has 4 nitrogen and oxygen atoms in total. The lowest BCUT2D eigenvalue weighted by atomic mass is 9.95. The Morgan fingerprint density at radius 1 is 1.09 bits per heavy atom. The number of hydrogen-bond acceptors (Lipinski definition) is 3. The van der Waals surface area contributed by atoms with E-state index in [9.17, 15) is 5.11 Å². The Balaban J connectivity index is 1.31. The summed E-state index contributed by atoms with van der Waals surface area (Å²) in [4.78, 5) is 4.53. The quantitative estimate of drug-likeness (QED) is 0.815. The second-order valence-corrected chi connectivity index (χ2v) is 7.58. The van der Waals surface area contributed by atoms with Crippen molar-refractivity contribution in [1.29, 1.82) is 0 Å². The molecule has 4 rings (SSSR count). The molecule has 3 aliphatic rings. The number of fused-ring (bicyclic) bond motifs is 2. The Morgan fingerprint density at radius 3 is 2.52 bits per heavy atom. The molecule has 3 fully saturated rings. The maximum atomic E-state index is 9.99. The van der Waals surface area contributed by atoms with Crippen molar-refractivity contribution in [3.63, 3.8) is 0 Å². The minimum atomic E-state index is 0.364. The van der Waals surface area contributed by atoms with Crippen LogP contribution in [-0.2, 0) is 0 Å². The van der Waals surface area contributed by atoms with Crippen molar-refractivity contribution in [2.45, 2.75) is 31.7 Å². The van der Waals surface area contributed by atoms with Gasteiger partial charge in [-0.05, 0) is 55.4 Å². The number of phenolic OH excluding ortho intramolecular Hbond substituents is 1. The van der Waals surface area contributed by atoms with Gasteiger partial charge >= 0.3 is 0 Å². The number of para-hydroxylation sites is 2. The highest BCUT2D eigenvalue weighted by atomic mass is 32.1. The zero-order chi connectivity index (χ0) is 15.8. The predicted molar refractivity (Wildman–Crippen MR) is 96.9 cm³/mol. The smallest absolute Gasteiger partial charge is 0.169 e. The van der Waals surface area contributed by atoms with Crippen molar-refractivity contribution in [2.24, 2.45) is 11.8 Å². The number of phenols is 1. The Kier molecular flexibility index (Phi) is 4.05. The first kappa shape index (κ1) is 15.1. The van der Waals surface area contributed by atoms with Crippen LogP contribution < -0.4 is 10.2 Å². The van der Waals surface area contributed by atoms with Crippen LogP contribution in [0, 0.1) is 11.8 Å². The molecule has 124 valence electrons. The molecule has 23 heavy (non-hydrogen) atoms. The molecule has 0 unspecified atom stereocenters. The molecule has 0 spiro atoms. The van der Waals surface area contributed by atoms with Crippen molar-refractivity contribution < 1.29 is 5.11 Å². The fourth-order valence-electron chi connectivity index (χ4n) is 4.55. The number of piperazine rings is 1. The third kappa shape index (κ3) is 2.99.